The summed E-state index contributed by atoms with van der Waals surface area (Å²) in [6, 6.07) is 7.66. The number of benzene rings is 1. The summed E-state index contributed by atoms with van der Waals surface area (Å²) in [7, 11) is 0. The van der Waals surface area contributed by atoms with Crippen LogP contribution in [0.1, 0.15) is 30.9 Å². The molecule has 2 atom stereocenters. The minimum absolute atomic E-state index is 0.0114. The smallest absolute Gasteiger partial charge is 0.239 e. The third kappa shape index (κ3) is 3.57. The highest BCUT2D eigenvalue weighted by atomic mass is 35.5. The first-order valence-corrected chi connectivity index (χ1v) is 8.01. The lowest BCUT2D eigenvalue weighted by molar-refractivity contribution is -0.141. The summed E-state index contributed by atoms with van der Waals surface area (Å²) in [5.74, 6) is 0.219. The van der Waals surface area contributed by atoms with E-state index in [0.29, 0.717) is 24.7 Å². The first-order valence-electron chi connectivity index (χ1n) is 7.63. The SMILES string of the molecule is O=C([C@H]1CCCCN1)N1CCOC(c2ccc(Cl)cc2)C1. The van der Waals surface area contributed by atoms with Crippen LogP contribution in [0.5, 0.6) is 0 Å². The molecule has 0 aliphatic carbocycles. The lowest BCUT2D eigenvalue weighted by Gasteiger charge is -2.36. The average Bonchev–Trinajstić information content (AvgIpc) is 2.56. The molecule has 0 aromatic heterocycles. The van der Waals surface area contributed by atoms with E-state index in [0.717, 1.165) is 24.9 Å². The minimum atomic E-state index is -0.0523. The zero-order valence-corrected chi connectivity index (χ0v) is 12.8. The quantitative estimate of drug-likeness (QED) is 0.912. The average molecular weight is 309 g/mol. The number of ether oxygens (including phenoxy) is 1. The fourth-order valence-electron chi connectivity index (χ4n) is 3.01. The number of carbonyl (C=O) groups excluding carboxylic acids is 1. The van der Waals surface area contributed by atoms with Gasteiger partial charge in [0.15, 0.2) is 0 Å². The molecule has 0 spiro atoms. The molecular weight excluding hydrogens is 288 g/mol. The molecule has 0 bridgehead atoms. The van der Waals surface area contributed by atoms with Gasteiger partial charge in [0.25, 0.3) is 0 Å². The lowest BCUT2D eigenvalue weighted by Crippen LogP contribution is -2.52. The van der Waals surface area contributed by atoms with Gasteiger partial charge in [0, 0.05) is 11.6 Å². The Balaban J connectivity index is 1.64. The molecule has 1 N–H and O–H groups in total. The van der Waals surface area contributed by atoms with Crippen LogP contribution in [0.3, 0.4) is 0 Å². The van der Waals surface area contributed by atoms with Crippen molar-refractivity contribution in [3.8, 4) is 0 Å². The van der Waals surface area contributed by atoms with E-state index in [4.69, 9.17) is 16.3 Å². The summed E-state index contributed by atoms with van der Waals surface area (Å²) in [5, 5.41) is 4.05. The Bertz CT molecular complexity index is 486. The Morgan fingerprint density at radius 3 is 2.81 bits per heavy atom. The molecule has 5 heteroatoms. The van der Waals surface area contributed by atoms with E-state index in [-0.39, 0.29) is 18.1 Å². The fourth-order valence-corrected chi connectivity index (χ4v) is 3.14. The first-order chi connectivity index (χ1) is 10.2. The molecule has 21 heavy (non-hydrogen) atoms. The van der Waals surface area contributed by atoms with E-state index in [9.17, 15) is 4.79 Å². The summed E-state index contributed by atoms with van der Waals surface area (Å²) >= 11 is 5.92. The molecule has 2 fully saturated rings. The van der Waals surface area contributed by atoms with Crippen LogP contribution < -0.4 is 5.32 Å². The molecule has 2 aliphatic rings. The summed E-state index contributed by atoms with van der Waals surface area (Å²) < 4.78 is 5.81. The molecule has 1 aromatic rings. The van der Waals surface area contributed by atoms with Crippen molar-refractivity contribution < 1.29 is 9.53 Å². The summed E-state index contributed by atoms with van der Waals surface area (Å²) in [6.07, 6.45) is 3.19. The van der Waals surface area contributed by atoms with Crippen molar-refractivity contribution in [3.63, 3.8) is 0 Å². The Hall–Kier alpha value is -1.10. The number of nitrogens with one attached hydrogen (secondary N) is 1. The highest BCUT2D eigenvalue weighted by Crippen LogP contribution is 2.24. The zero-order valence-electron chi connectivity index (χ0n) is 12.1. The minimum Gasteiger partial charge on any atom is -0.370 e. The fraction of sp³-hybridized carbons (Fsp3) is 0.562. The largest absolute Gasteiger partial charge is 0.370 e. The third-order valence-corrected chi connectivity index (χ3v) is 4.48. The number of amides is 1. The highest BCUT2D eigenvalue weighted by molar-refractivity contribution is 6.30. The Morgan fingerprint density at radius 1 is 1.29 bits per heavy atom. The number of hydrogen-bond acceptors (Lipinski definition) is 3. The molecular formula is C16H21ClN2O2. The van der Waals surface area contributed by atoms with Gasteiger partial charge in [-0.3, -0.25) is 4.79 Å². The van der Waals surface area contributed by atoms with Crippen LogP contribution in [0.4, 0.5) is 0 Å². The van der Waals surface area contributed by atoms with E-state index < -0.39 is 0 Å². The molecule has 2 heterocycles. The number of rotatable bonds is 2. The first kappa shape index (κ1) is 14.8. The number of nitrogens with zero attached hydrogens (tertiary/aromatic N) is 1. The van der Waals surface area contributed by atoms with Gasteiger partial charge in [0.1, 0.15) is 6.10 Å². The van der Waals surface area contributed by atoms with Crippen molar-refractivity contribution in [1.82, 2.24) is 10.2 Å². The molecule has 4 nitrogen and oxygen atoms in total. The summed E-state index contributed by atoms with van der Waals surface area (Å²) in [4.78, 5) is 14.5. The van der Waals surface area contributed by atoms with Crippen molar-refractivity contribution >= 4 is 17.5 Å². The third-order valence-electron chi connectivity index (χ3n) is 4.23. The van der Waals surface area contributed by atoms with Crippen LogP contribution in [0.25, 0.3) is 0 Å². The van der Waals surface area contributed by atoms with E-state index >= 15 is 0 Å². The Labute approximate surface area is 130 Å². The van der Waals surface area contributed by atoms with Gasteiger partial charge in [0.2, 0.25) is 5.91 Å². The van der Waals surface area contributed by atoms with Gasteiger partial charge in [-0.1, -0.05) is 30.2 Å². The predicted molar refractivity (Wildman–Crippen MR) is 82.4 cm³/mol. The second-order valence-corrected chi connectivity index (χ2v) is 6.13. The maximum atomic E-state index is 12.6. The summed E-state index contributed by atoms with van der Waals surface area (Å²) in [5.41, 5.74) is 1.08. The van der Waals surface area contributed by atoms with E-state index in [2.05, 4.69) is 5.32 Å². The highest BCUT2D eigenvalue weighted by Gasteiger charge is 2.30. The molecule has 1 aromatic carbocycles. The van der Waals surface area contributed by atoms with E-state index in [1.807, 2.05) is 29.2 Å². The van der Waals surface area contributed by atoms with Gasteiger partial charge in [-0.15, -0.1) is 0 Å². The van der Waals surface area contributed by atoms with Crippen molar-refractivity contribution in [1.29, 1.82) is 0 Å². The number of morpholine rings is 1. The van der Waals surface area contributed by atoms with E-state index in [1.54, 1.807) is 0 Å². The van der Waals surface area contributed by atoms with Crippen LogP contribution >= 0.6 is 11.6 Å². The van der Waals surface area contributed by atoms with Crippen molar-refractivity contribution in [3.05, 3.63) is 34.9 Å². The van der Waals surface area contributed by atoms with Gasteiger partial charge in [-0.05, 0) is 37.1 Å². The van der Waals surface area contributed by atoms with Gasteiger partial charge in [0.05, 0.1) is 19.2 Å². The van der Waals surface area contributed by atoms with Crippen LogP contribution in [-0.4, -0.2) is 43.1 Å². The van der Waals surface area contributed by atoms with Crippen LogP contribution in [0.2, 0.25) is 5.02 Å². The number of halogens is 1. The van der Waals surface area contributed by atoms with Gasteiger partial charge >= 0.3 is 0 Å². The van der Waals surface area contributed by atoms with Crippen molar-refractivity contribution in [2.75, 3.05) is 26.2 Å². The molecule has 2 aliphatic heterocycles. The topological polar surface area (TPSA) is 41.6 Å². The molecule has 1 amide bonds. The molecule has 3 rings (SSSR count). The van der Waals surface area contributed by atoms with Gasteiger partial charge in [-0.25, -0.2) is 0 Å². The Morgan fingerprint density at radius 2 is 2.10 bits per heavy atom. The van der Waals surface area contributed by atoms with Crippen LogP contribution in [-0.2, 0) is 9.53 Å². The molecule has 0 radical (unpaired) electrons. The van der Waals surface area contributed by atoms with Crippen LogP contribution in [0.15, 0.2) is 24.3 Å². The van der Waals surface area contributed by atoms with Gasteiger partial charge in [-0.2, -0.15) is 0 Å². The molecule has 2 saturated heterocycles. The molecule has 1 unspecified atom stereocenters. The molecule has 0 saturated carbocycles. The normalized spacial score (nSPS) is 26.6. The van der Waals surface area contributed by atoms with Crippen molar-refractivity contribution in [2.45, 2.75) is 31.4 Å². The predicted octanol–water partition coefficient (Wildman–Crippen LogP) is 2.38. The van der Waals surface area contributed by atoms with E-state index in [1.165, 1.54) is 6.42 Å². The maximum Gasteiger partial charge on any atom is 0.239 e. The second kappa shape index (κ2) is 6.77. The zero-order chi connectivity index (χ0) is 14.7. The molecule has 114 valence electrons. The van der Waals surface area contributed by atoms with Crippen molar-refractivity contribution in [2.24, 2.45) is 0 Å². The Kier molecular flexibility index (Phi) is 4.78. The van der Waals surface area contributed by atoms with Gasteiger partial charge < -0.3 is 15.0 Å². The summed E-state index contributed by atoms with van der Waals surface area (Å²) in [6.45, 7) is 2.84. The number of hydrogen-bond donors (Lipinski definition) is 1. The monoisotopic (exact) mass is 308 g/mol. The maximum absolute atomic E-state index is 12.6. The number of carbonyl (C=O) groups is 1. The standard InChI is InChI=1S/C16H21ClN2O2/c17-13-6-4-12(5-7-13)15-11-19(9-10-21-15)16(20)14-3-1-2-8-18-14/h4-7,14-15,18H,1-3,8-11H2/t14-,15?/m1/s1. The number of piperidine rings is 1. The lowest BCUT2D eigenvalue weighted by atomic mass is 10.0. The van der Waals surface area contributed by atoms with Crippen LogP contribution in [0, 0.1) is 0 Å². The second-order valence-electron chi connectivity index (χ2n) is 5.70.